The van der Waals surface area contributed by atoms with Gasteiger partial charge in [-0.25, -0.2) is 0 Å². The van der Waals surface area contributed by atoms with E-state index in [1.165, 1.54) is 24.3 Å². The molecule has 0 aliphatic carbocycles. The average Bonchev–Trinajstić information content (AvgIpc) is 2.68. The Morgan fingerprint density at radius 1 is 0.963 bits per heavy atom. The maximum Gasteiger partial charge on any atom is 0.312 e. The van der Waals surface area contributed by atoms with Crippen LogP contribution >= 0.6 is 0 Å². The third-order valence-corrected chi connectivity index (χ3v) is 4.67. The van der Waals surface area contributed by atoms with Crippen molar-refractivity contribution in [1.29, 1.82) is 0 Å². The molecule has 0 amide bonds. The minimum Gasteiger partial charge on any atom is -0.508 e. The molecule has 134 valence electrons. The Hall–Kier alpha value is -3.60. The molecular weight excluding hydrogens is 344 g/mol. The van der Waals surface area contributed by atoms with Crippen LogP contribution in [0.3, 0.4) is 0 Å². The van der Waals surface area contributed by atoms with Gasteiger partial charge in [0, 0.05) is 17.0 Å². The second kappa shape index (κ2) is 6.61. The second-order valence-corrected chi connectivity index (χ2v) is 6.39. The lowest BCUT2D eigenvalue weighted by Crippen LogP contribution is -2.21. The first-order chi connectivity index (χ1) is 13.0. The van der Waals surface area contributed by atoms with Gasteiger partial charge in [-0.2, -0.15) is 0 Å². The summed E-state index contributed by atoms with van der Waals surface area (Å²) in [6.07, 6.45) is 0.00694. The Bertz CT molecular complexity index is 1040. The highest BCUT2D eigenvalue weighted by atomic mass is 16.5. The summed E-state index contributed by atoms with van der Waals surface area (Å²) in [6.45, 7) is 0. The Morgan fingerprint density at radius 2 is 1.74 bits per heavy atom. The molecule has 3 aromatic rings. The lowest BCUT2D eigenvalue weighted by molar-refractivity contribution is -0.135. The molecule has 3 aromatic carbocycles. The molecule has 0 aromatic heterocycles. The number of carbonyl (C=O) groups excluding carboxylic acids is 2. The molecule has 0 fully saturated rings. The van der Waals surface area contributed by atoms with Crippen molar-refractivity contribution in [2.75, 3.05) is 0 Å². The van der Waals surface area contributed by atoms with Crippen molar-refractivity contribution in [2.45, 2.75) is 12.3 Å². The van der Waals surface area contributed by atoms with Crippen molar-refractivity contribution in [3.8, 4) is 17.2 Å². The summed E-state index contributed by atoms with van der Waals surface area (Å²) in [5.74, 6) is -1.19. The maximum absolute atomic E-state index is 12.8. The van der Waals surface area contributed by atoms with E-state index >= 15 is 0 Å². The van der Waals surface area contributed by atoms with Gasteiger partial charge in [-0.15, -0.1) is 0 Å². The van der Waals surface area contributed by atoms with Gasteiger partial charge in [0.05, 0.1) is 12.0 Å². The van der Waals surface area contributed by atoms with E-state index in [0.717, 1.165) is 0 Å². The number of carbonyl (C=O) groups is 2. The third-order valence-electron chi connectivity index (χ3n) is 4.67. The molecule has 0 spiro atoms. The van der Waals surface area contributed by atoms with E-state index in [9.17, 15) is 19.8 Å². The number of rotatable bonds is 3. The fourth-order valence-electron chi connectivity index (χ4n) is 3.40. The summed E-state index contributed by atoms with van der Waals surface area (Å²) in [4.78, 5) is 24.8. The fourth-order valence-corrected chi connectivity index (χ4v) is 3.40. The Balaban J connectivity index is 1.85. The summed E-state index contributed by atoms with van der Waals surface area (Å²) in [5, 5.41) is 20.7. The van der Waals surface area contributed by atoms with Crippen molar-refractivity contribution in [3.05, 3.63) is 89.0 Å². The van der Waals surface area contributed by atoms with Crippen LogP contribution < -0.4 is 4.74 Å². The zero-order chi connectivity index (χ0) is 19.0. The molecule has 4 rings (SSSR count). The summed E-state index contributed by atoms with van der Waals surface area (Å²) >= 11 is 0. The normalized spacial score (nSPS) is 15.7. The first-order valence-electron chi connectivity index (χ1n) is 8.50. The van der Waals surface area contributed by atoms with Crippen molar-refractivity contribution < 1.29 is 24.5 Å². The number of hydrogen-bond donors (Lipinski definition) is 2. The highest BCUT2D eigenvalue weighted by Crippen LogP contribution is 2.45. The monoisotopic (exact) mass is 360 g/mol. The van der Waals surface area contributed by atoms with Crippen molar-refractivity contribution in [2.24, 2.45) is 0 Å². The van der Waals surface area contributed by atoms with Crippen LogP contribution in [0.2, 0.25) is 0 Å². The fraction of sp³-hybridized carbons (Fsp3) is 0.0909. The molecule has 1 heterocycles. The Labute approximate surface area is 155 Å². The lowest BCUT2D eigenvalue weighted by atomic mass is 9.84. The Kier molecular flexibility index (Phi) is 4.12. The summed E-state index contributed by atoms with van der Waals surface area (Å²) in [7, 11) is 0. The van der Waals surface area contributed by atoms with Gasteiger partial charge < -0.3 is 14.9 Å². The van der Waals surface area contributed by atoms with Crippen LogP contribution in [0.15, 0.2) is 66.7 Å². The highest BCUT2D eigenvalue weighted by Gasteiger charge is 2.33. The van der Waals surface area contributed by atoms with E-state index in [1.807, 2.05) is 0 Å². The van der Waals surface area contributed by atoms with Gasteiger partial charge in [0.25, 0.3) is 0 Å². The second-order valence-electron chi connectivity index (χ2n) is 6.39. The molecule has 1 atom stereocenters. The molecule has 5 nitrogen and oxygen atoms in total. The molecule has 5 heteroatoms. The number of aromatic hydroxyl groups is 2. The van der Waals surface area contributed by atoms with Crippen LogP contribution in [0.5, 0.6) is 17.2 Å². The first kappa shape index (κ1) is 16.8. The van der Waals surface area contributed by atoms with E-state index < -0.39 is 11.9 Å². The van der Waals surface area contributed by atoms with Gasteiger partial charge in [-0.3, -0.25) is 9.59 Å². The molecule has 27 heavy (non-hydrogen) atoms. The molecule has 2 N–H and O–H groups in total. The number of ketones is 1. The van der Waals surface area contributed by atoms with Crippen LogP contribution in [0.25, 0.3) is 0 Å². The van der Waals surface area contributed by atoms with Crippen molar-refractivity contribution >= 4 is 11.8 Å². The molecule has 0 saturated heterocycles. The van der Waals surface area contributed by atoms with Gasteiger partial charge in [0.2, 0.25) is 0 Å². The van der Waals surface area contributed by atoms with E-state index in [4.69, 9.17) is 4.74 Å². The van der Waals surface area contributed by atoms with E-state index in [1.54, 1.807) is 42.5 Å². The predicted molar refractivity (Wildman–Crippen MR) is 98.2 cm³/mol. The van der Waals surface area contributed by atoms with Crippen molar-refractivity contribution in [1.82, 2.24) is 0 Å². The minimum atomic E-state index is -0.517. The third kappa shape index (κ3) is 3.04. The molecule has 0 bridgehead atoms. The van der Waals surface area contributed by atoms with E-state index in [2.05, 4.69) is 0 Å². The zero-order valence-electron chi connectivity index (χ0n) is 14.3. The minimum absolute atomic E-state index is 0.00694. The Morgan fingerprint density at radius 3 is 2.48 bits per heavy atom. The molecule has 0 radical (unpaired) electrons. The standard InChI is InChI=1S/C22H16O5/c23-15-8-4-7-14(11-15)17-12-19(24)27-18-10-9-16(22(26)20(17)18)21(25)13-5-2-1-3-6-13/h1-11,17,23,26H,12H2/t17-/m0/s1. The summed E-state index contributed by atoms with van der Waals surface area (Å²) in [5.41, 5.74) is 1.63. The van der Waals surface area contributed by atoms with Gasteiger partial charge in [0.1, 0.15) is 17.2 Å². The average molecular weight is 360 g/mol. The number of phenols is 2. The molecular formula is C22H16O5. The predicted octanol–water partition coefficient (Wildman–Crippen LogP) is 3.77. The van der Waals surface area contributed by atoms with Gasteiger partial charge in [-0.1, -0.05) is 42.5 Å². The lowest BCUT2D eigenvalue weighted by Gasteiger charge is -2.26. The van der Waals surface area contributed by atoms with E-state index in [0.29, 0.717) is 16.7 Å². The van der Waals surface area contributed by atoms with Crippen molar-refractivity contribution in [3.63, 3.8) is 0 Å². The van der Waals surface area contributed by atoms with Crippen LogP contribution in [-0.4, -0.2) is 22.0 Å². The van der Waals surface area contributed by atoms with E-state index in [-0.39, 0.29) is 35.0 Å². The van der Waals surface area contributed by atoms with Gasteiger partial charge in [0.15, 0.2) is 5.78 Å². The smallest absolute Gasteiger partial charge is 0.312 e. The van der Waals surface area contributed by atoms with Gasteiger partial charge >= 0.3 is 5.97 Å². The first-order valence-corrected chi connectivity index (χ1v) is 8.50. The largest absolute Gasteiger partial charge is 0.508 e. The summed E-state index contributed by atoms with van der Waals surface area (Å²) < 4.78 is 5.26. The number of ether oxygens (including phenoxy) is 1. The molecule has 0 saturated carbocycles. The van der Waals surface area contributed by atoms with Gasteiger partial charge in [-0.05, 0) is 29.8 Å². The number of esters is 1. The number of phenolic OH excluding ortho intramolecular Hbond substituents is 2. The maximum atomic E-state index is 12.8. The molecule has 0 unspecified atom stereocenters. The zero-order valence-corrected chi connectivity index (χ0v) is 14.3. The molecule has 1 aliphatic heterocycles. The summed E-state index contributed by atoms with van der Waals surface area (Å²) in [6, 6.07) is 18.1. The van der Waals surface area contributed by atoms with Crippen LogP contribution in [0.1, 0.15) is 39.4 Å². The number of benzene rings is 3. The number of hydrogen-bond acceptors (Lipinski definition) is 5. The highest BCUT2D eigenvalue weighted by molar-refractivity contribution is 6.11. The number of fused-ring (bicyclic) bond motifs is 1. The van der Waals surface area contributed by atoms with Crippen LogP contribution in [-0.2, 0) is 4.79 Å². The van der Waals surface area contributed by atoms with Crippen LogP contribution in [0.4, 0.5) is 0 Å². The van der Waals surface area contributed by atoms with Crippen LogP contribution in [0, 0.1) is 0 Å². The topological polar surface area (TPSA) is 83.8 Å². The SMILES string of the molecule is O=C1C[C@@H](c2cccc(O)c2)c2c(ccc(C(=O)c3ccccc3)c2O)O1. The quantitative estimate of drug-likeness (QED) is 0.422. The molecule has 1 aliphatic rings.